The number of hydrazine groups is 1. The van der Waals surface area contributed by atoms with Crippen LogP contribution in [0.3, 0.4) is 0 Å². The van der Waals surface area contributed by atoms with E-state index < -0.39 is 0 Å². The third kappa shape index (κ3) is 2.29. The number of nitrogens with two attached hydrogens (primary N) is 1. The number of morpholine rings is 1. The molecule has 6 nitrogen and oxygen atoms in total. The van der Waals surface area contributed by atoms with E-state index in [4.69, 9.17) is 22.1 Å². The van der Waals surface area contributed by atoms with Crippen molar-refractivity contribution in [1.82, 2.24) is 15.0 Å². The average Bonchev–Trinajstić information content (AvgIpc) is 2.63. The predicted octanol–water partition coefficient (Wildman–Crippen LogP) is 0.902. The van der Waals surface area contributed by atoms with Crippen molar-refractivity contribution in [2.24, 2.45) is 0 Å². The van der Waals surface area contributed by atoms with Gasteiger partial charge in [0.2, 0.25) is 5.28 Å². The SMILES string of the molecule is Nc1cnc(Cl)nc1NN1CC2CCC(C1)O2. The molecule has 92 valence electrons. The molecule has 3 heterocycles. The van der Waals surface area contributed by atoms with E-state index in [-0.39, 0.29) is 5.28 Å². The van der Waals surface area contributed by atoms with Gasteiger partial charge in [0.1, 0.15) is 0 Å². The summed E-state index contributed by atoms with van der Waals surface area (Å²) in [4.78, 5) is 7.89. The smallest absolute Gasteiger partial charge is 0.224 e. The lowest BCUT2D eigenvalue weighted by Crippen LogP contribution is -2.45. The molecule has 3 N–H and O–H groups in total. The van der Waals surface area contributed by atoms with Crippen LogP contribution in [0.1, 0.15) is 12.8 Å². The molecule has 7 heteroatoms. The molecule has 2 saturated heterocycles. The van der Waals surface area contributed by atoms with Crippen molar-refractivity contribution in [2.45, 2.75) is 25.0 Å². The molecule has 0 aliphatic carbocycles. The van der Waals surface area contributed by atoms with Crippen LogP contribution in [0.5, 0.6) is 0 Å². The molecule has 2 fully saturated rings. The first kappa shape index (κ1) is 11.0. The highest BCUT2D eigenvalue weighted by Crippen LogP contribution is 2.27. The largest absolute Gasteiger partial charge is 0.394 e. The van der Waals surface area contributed by atoms with Gasteiger partial charge in [-0.3, -0.25) is 0 Å². The van der Waals surface area contributed by atoms with E-state index in [9.17, 15) is 0 Å². The Kier molecular flexibility index (Phi) is 2.78. The highest BCUT2D eigenvalue weighted by molar-refractivity contribution is 6.28. The number of rotatable bonds is 2. The van der Waals surface area contributed by atoms with Crippen LogP contribution in [-0.2, 0) is 4.74 Å². The van der Waals surface area contributed by atoms with Gasteiger partial charge < -0.3 is 15.9 Å². The Labute approximate surface area is 104 Å². The number of aromatic nitrogens is 2. The molecule has 17 heavy (non-hydrogen) atoms. The Bertz CT molecular complexity index is 417. The molecule has 2 atom stereocenters. The summed E-state index contributed by atoms with van der Waals surface area (Å²) in [6.07, 6.45) is 4.40. The summed E-state index contributed by atoms with van der Waals surface area (Å²) in [5, 5.41) is 2.28. The molecule has 2 aliphatic rings. The number of hydrogen-bond acceptors (Lipinski definition) is 6. The number of nitrogens with zero attached hydrogens (tertiary/aromatic N) is 3. The predicted molar refractivity (Wildman–Crippen MR) is 64.5 cm³/mol. The van der Waals surface area contributed by atoms with Crippen LogP contribution >= 0.6 is 11.6 Å². The van der Waals surface area contributed by atoms with Crippen LogP contribution in [0.25, 0.3) is 0 Å². The van der Waals surface area contributed by atoms with Gasteiger partial charge >= 0.3 is 0 Å². The molecule has 0 saturated carbocycles. The molecule has 2 aliphatic heterocycles. The summed E-state index contributed by atoms with van der Waals surface area (Å²) in [6.45, 7) is 1.69. The quantitative estimate of drug-likeness (QED) is 0.765. The summed E-state index contributed by atoms with van der Waals surface area (Å²) in [5.74, 6) is 0.561. The molecule has 3 rings (SSSR count). The molecular formula is C10H14ClN5O. The number of anilines is 2. The summed E-state index contributed by atoms with van der Waals surface area (Å²) < 4.78 is 5.75. The fraction of sp³-hybridized carbons (Fsp3) is 0.600. The first-order valence-electron chi connectivity index (χ1n) is 5.66. The molecule has 0 aromatic carbocycles. The molecule has 2 unspecified atom stereocenters. The Morgan fingerprint density at radius 2 is 2.12 bits per heavy atom. The zero-order valence-corrected chi connectivity index (χ0v) is 10.0. The van der Waals surface area contributed by atoms with Gasteiger partial charge in [-0.2, -0.15) is 4.98 Å². The minimum absolute atomic E-state index is 0.193. The minimum Gasteiger partial charge on any atom is -0.394 e. The number of ether oxygens (including phenoxy) is 1. The van der Waals surface area contributed by atoms with E-state index in [1.165, 1.54) is 6.20 Å². The number of nitrogens with one attached hydrogen (secondary N) is 1. The second-order valence-electron chi connectivity index (χ2n) is 4.42. The van der Waals surface area contributed by atoms with Crippen LogP contribution in [0, 0.1) is 0 Å². The standard InChI is InChI=1S/C10H14ClN5O/c11-10-13-3-8(12)9(14-10)15-16-4-6-1-2-7(5-16)17-6/h3,6-7H,1-2,4-5,12H2,(H,13,14,15). The third-order valence-electron chi connectivity index (χ3n) is 3.10. The summed E-state index contributed by atoms with van der Waals surface area (Å²) >= 11 is 5.74. The van der Waals surface area contributed by atoms with Gasteiger partial charge in [0.15, 0.2) is 5.82 Å². The van der Waals surface area contributed by atoms with Crippen LogP contribution in [0.15, 0.2) is 6.20 Å². The Hall–Kier alpha value is -1.11. The van der Waals surface area contributed by atoms with Gasteiger partial charge in [-0.1, -0.05) is 0 Å². The molecule has 0 amide bonds. The topological polar surface area (TPSA) is 76.3 Å². The average molecular weight is 256 g/mol. The molecule has 1 aromatic rings. The Morgan fingerprint density at radius 3 is 2.82 bits per heavy atom. The Balaban J connectivity index is 1.72. The molecule has 1 aromatic heterocycles. The number of halogens is 1. The monoisotopic (exact) mass is 255 g/mol. The molecule has 2 bridgehead atoms. The summed E-state index contributed by atoms with van der Waals surface area (Å²) in [7, 11) is 0. The van der Waals surface area contributed by atoms with Crippen molar-refractivity contribution in [1.29, 1.82) is 0 Å². The lowest BCUT2D eigenvalue weighted by Gasteiger charge is -2.32. The van der Waals surface area contributed by atoms with Gasteiger partial charge in [0.25, 0.3) is 0 Å². The van der Waals surface area contributed by atoms with Gasteiger partial charge in [0, 0.05) is 13.1 Å². The maximum absolute atomic E-state index is 5.79. The summed E-state index contributed by atoms with van der Waals surface area (Å²) in [5.41, 5.74) is 9.46. The van der Waals surface area contributed by atoms with Crippen molar-refractivity contribution in [3.63, 3.8) is 0 Å². The van der Waals surface area contributed by atoms with E-state index in [0.29, 0.717) is 23.7 Å². The van der Waals surface area contributed by atoms with Crippen molar-refractivity contribution < 1.29 is 4.74 Å². The lowest BCUT2D eigenvalue weighted by atomic mass is 10.2. The zero-order valence-electron chi connectivity index (χ0n) is 9.27. The maximum Gasteiger partial charge on any atom is 0.224 e. The third-order valence-corrected chi connectivity index (χ3v) is 3.28. The zero-order chi connectivity index (χ0) is 11.8. The van der Waals surface area contributed by atoms with E-state index >= 15 is 0 Å². The van der Waals surface area contributed by atoms with E-state index in [1.54, 1.807) is 0 Å². The second kappa shape index (κ2) is 4.29. The second-order valence-corrected chi connectivity index (χ2v) is 4.76. The minimum atomic E-state index is 0.193. The van der Waals surface area contributed by atoms with E-state index in [1.807, 2.05) is 0 Å². The van der Waals surface area contributed by atoms with Crippen molar-refractivity contribution in [3.05, 3.63) is 11.5 Å². The van der Waals surface area contributed by atoms with Crippen LogP contribution in [0.4, 0.5) is 11.5 Å². The first-order valence-corrected chi connectivity index (χ1v) is 6.03. The highest BCUT2D eigenvalue weighted by Gasteiger charge is 2.34. The lowest BCUT2D eigenvalue weighted by molar-refractivity contribution is -0.0298. The Morgan fingerprint density at radius 1 is 1.41 bits per heavy atom. The van der Waals surface area contributed by atoms with Crippen molar-refractivity contribution >= 4 is 23.1 Å². The van der Waals surface area contributed by atoms with Crippen molar-refractivity contribution in [3.8, 4) is 0 Å². The van der Waals surface area contributed by atoms with Gasteiger partial charge in [-0.25, -0.2) is 9.99 Å². The van der Waals surface area contributed by atoms with Crippen LogP contribution in [0.2, 0.25) is 5.28 Å². The van der Waals surface area contributed by atoms with Crippen LogP contribution in [-0.4, -0.2) is 40.3 Å². The molecule has 0 radical (unpaired) electrons. The van der Waals surface area contributed by atoms with Crippen molar-refractivity contribution in [2.75, 3.05) is 24.2 Å². The fourth-order valence-electron chi connectivity index (χ4n) is 2.32. The maximum atomic E-state index is 5.79. The first-order chi connectivity index (χ1) is 8.20. The van der Waals surface area contributed by atoms with E-state index in [2.05, 4.69) is 20.4 Å². The van der Waals surface area contributed by atoms with Gasteiger partial charge in [-0.15, -0.1) is 0 Å². The highest BCUT2D eigenvalue weighted by atomic mass is 35.5. The fourth-order valence-corrected chi connectivity index (χ4v) is 2.45. The molecular weight excluding hydrogens is 242 g/mol. The van der Waals surface area contributed by atoms with E-state index in [0.717, 1.165) is 25.9 Å². The number of fused-ring (bicyclic) bond motifs is 2. The van der Waals surface area contributed by atoms with Gasteiger partial charge in [0.05, 0.1) is 24.1 Å². The number of nitrogen functional groups attached to an aromatic ring is 1. The summed E-state index contributed by atoms with van der Waals surface area (Å²) in [6, 6.07) is 0. The normalized spacial score (nSPS) is 28.3. The van der Waals surface area contributed by atoms with Crippen LogP contribution < -0.4 is 11.2 Å². The van der Waals surface area contributed by atoms with Gasteiger partial charge in [-0.05, 0) is 24.4 Å². The molecule has 0 spiro atoms. The number of hydrogen-bond donors (Lipinski definition) is 2.